The second-order valence-electron chi connectivity index (χ2n) is 4.47. The molecule has 3 rings (SSSR count). The fourth-order valence-electron chi connectivity index (χ4n) is 2.07. The number of aromatic nitrogens is 1. The summed E-state index contributed by atoms with van der Waals surface area (Å²) in [5.41, 5.74) is 1.74. The largest absolute Gasteiger partial charge is 0.452 e. The third-order valence-electron chi connectivity index (χ3n) is 2.96. The van der Waals surface area contributed by atoms with Crippen LogP contribution < -0.4 is 0 Å². The van der Waals surface area contributed by atoms with E-state index in [2.05, 4.69) is 20.9 Å². The number of benzene rings is 1. The van der Waals surface area contributed by atoms with Gasteiger partial charge in [0.1, 0.15) is 11.4 Å². The molecule has 3 aromatic rings. The molecular weight excluding hydrogens is 325 g/mol. The van der Waals surface area contributed by atoms with Gasteiger partial charge in [0.15, 0.2) is 5.76 Å². The van der Waals surface area contributed by atoms with Gasteiger partial charge in [-0.3, -0.25) is 9.78 Å². The molecule has 0 aliphatic rings. The first-order valence-corrected chi connectivity index (χ1v) is 6.69. The summed E-state index contributed by atoms with van der Waals surface area (Å²) < 4.78 is 19.6. The molecule has 20 heavy (non-hydrogen) atoms. The van der Waals surface area contributed by atoms with Gasteiger partial charge in [0, 0.05) is 21.6 Å². The number of hydrogen-bond acceptors (Lipinski definition) is 3. The molecule has 2 aromatic heterocycles. The fourth-order valence-corrected chi connectivity index (χ4v) is 2.66. The molecule has 0 atom stereocenters. The van der Waals surface area contributed by atoms with Crippen molar-refractivity contribution in [1.29, 1.82) is 0 Å². The van der Waals surface area contributed by atoms with Gasteiger partial charge in [0.05, 0.1) is 6.20 Å². The van der Waals surface area contributed by atoms with Crippen molar-refractivity contribution in [3.05, 3.63) is 63.8 Å². The lowest BCUT2D eigenvalue weighted by Crippen LogP contribution is -2.00. The minimum Gasteiger partial charge on any atom is -0.452 e. The van der Waals surface area contributed by atoms with Crippen molar-refractivity contribution < 1.29 is 13.6 Å². The van der Waals surface area contributed by atoms with E-state index in [1.165, 1.54) is 6.20 Å². The van der Waals surface area contributed by atoms with Crippen LogP contribution in [0.25, 0.3) is 11.0 Å². The summed E-state index contributed by atoms with van der Waals surface area (Å²) in [6.07, 6.45) is 2.37. The maximum Gasteiger partial charge on any atom is 0.229 e. The molecule has 0 radical (unpaired) electrons. The molecule has 0 aliphatic heterocycles. The van der Waals surface area contributed by atoms with Crippen molar-refractivity contribution in [3.63, 3.8) is 0 Å². The SMILES string of the molecule is Cc1cc(Br)cc2cc(C(=O)c3cncc(F)c3)oc12. The van der Waals surface area contributed by atoms with Crippen molar-refractivity contribution in [2.75, 3.05) is 0 Å². The number of rotatable bonds is 2. The summed E-state index contributed by atoms with van der Waals surface area (Å²) in [4.78, 5) is 15.9. The summed E-state index contributed by atoms with van der Waals surface area (Å²) in [5.74, 6) is -0.761. The minimum absolute atomic E-state index is 0.167. The van der Waals surface area contributed by atoms with E-state index in [-0.39, 0.29) is 17.1 Å². The molecule has 0 N–H and O–H groups in total. The van der Waals surface area contributed by atoms with E-state index < -0.39 is 5.82 Å². The molecule has 2 heterocycles. The zero-order valence-electron chi connectivity index (χ0n) is 10.5. The number of pyridine rings is 1. The Morgan fingerprint density at radius 1 is 1.25 bits per heavy atom. The highest BCUT2D eigenvalue weighted by Gasteiger charge is 2.16. The van der Waals surface area contributed by atoms with Crippen LogP contribution in [0.1, 0.15) is 21.7 Å². The minimum atomic E-state index is -0.550. The van der Waals surface area contributed by atoms with E-state index >= 15 is 0 Å². The molecule has 0 saturated carbocycles. The van der Waals surface area contributed by atoms with Crippen LogP contribution in [-0.4, -0.2) is 10.8 Å². The van der Waals surface area contributed by atoms with Gasteiger partial charge in [-0.25, -0.2) is 4.39 Å². The molecule has 0 saturated heterocycles. The van der Waals surface area contributed by atoms with Crippen molar-refractivity contribution in [2.45, 2.75) is 6.92 Å². The number of carbonyl (C=O) groups excluding carboxylic acids is 1. The Hall–Kier alpha value is -2.01. The first-order chi connectivity index (χ1) is 9.54. The Kier molecular flexibility index (Phi) is 3.14. The highest BCUT2D eigenvalue weighted by molar-refractivity contribution is 9.10. The fraction of sp³-hybridized carbons (Fsp3) is 0.0667. The Morgan fingerprint density at radius 3 is 2.80 bits per heavy atom. The van der Waals surface area contributed by atoms with E-state index in [0.29, 0.717) is 5.58 Å². The van der Waals surface area contributed by atoms with E-state index in [0.717, 1.165) is 27.7 Å². The van der Waals surface area contributed by atoms with Gasteiger partial charge in [-0.1, -0.05) is 15.9 Å². The van der Waals surface area contributed by atoms with Gasteiger partial charge in [-0.15, -0.1) is 0 Å². The van der Waals surface area contributed by atoms with Gasteiger partial charge in [0.25, 0.3) is 0 Å². The molecule has 1 aromatic carbocycles. The van der Waals surface area contributed by atoms with Gasteiger partial charge in [-0.2, -0.15) is 0 Å². The zero-order chi connectivity index (χ0) is 14.3. The summed E-state index contributed by atoms with van der Waals surface area (Å²) >= 11 is 3.40. The van der Waals surface area contributed by atoms with Crippen LogP contribution in [0.15, 0.2) is 45.5 Å². The van der Waals surface area contributed by atoms with Crippen LogP contribution in [0, 0.1) is 12.7 Å². The third kappa shape index (κ3) is 2.25. The third-order valence-corrected chi connectivity index (χ3v) is 3.42. The summed E-state index contributed by atoms with van der Waals surface area (Å²) in [6.45, 7) is 1.90. The molecule has 0 unspecified atom stereocenters. The Morgan fingerprint density at radius 2 is 2.05 bits per heavy atom. The van der Waals surface area contributed by atoms with Crippen LogP contribution in [0.3, 0.4) is 0 Å². The van der Waals surface area contributed by atoms with Gasteiger partial charge in [-0.05, 0) is 36.8 Å². The summed E-state index contributed by atoms with van der Waals surface area (Å²) in [6, 6.07) is 6.57. The van der Waals surface area contributed by atoms with Gasteiger partial charge < -0.3 is 4.42 Å². The van der Waals surface area contributed by atoms with Gasteiger partial charge in [0.2, 0.25) is 5.78 Å². The van der Waals surface area contributed by atoms with Crippen molar-refractivity contribution in [3.8, 4) is 0 Å². The highest BCUT2D eigenvalue weighted by Crippen LogP contribution is 2.28. The first-order valence-electron chi connectivity index (χ1n) is 5.89. The molecule has 0 spiro atoms. The molecule has 0 amide bonds. The van der Waals surface area contributed by atoms with Crippen molar-refractivity contribution in [2.24, 2.45) is 0 Å². The number of halogens is 2. The normalized spacial score (nSPS) is 10.9. The average molecular weight is 334 g/mol. The summed E-state index contributed by atoms with van der Waals surface area (Å²) in [7, 11) is 0. The van der Waals surface area contributed by atoms with Crippen LogP contribution in [-0.2, 0) is 0 Å². The van der Waals surface area contributed by atoms with E-state index in [9.17, 15) is 9.18 Å². The quantitative estimate of drug-likeness (QED) is 0.658. The topological polar surface area (TPSA) is 43.1 Å². The second kappa shape index (κ2) is 4.83. The lowest BCUT2D eigenvalue weighted by Gasteiger charge is -1.97. The van der Waals surface area contributed by atoms with E-state index in [4.69, 9.17) is 4.42 Å². The van der Waals surface area contributed by atoms with Crippen molar-refractivity contribution >= 4 is 32.7 Å². The number of ketones is 1. The van der Waals surface area contributed by atoms with E-state index in [1.54, 1.807) is 6.07 Å². The monoisotopic (exact) mass is 333 g/mol. The smallest absolute Gasteiger partial charge is 0.229 e. The standard InChI is InChI=1S/C15H9BrFNO2/c1-8-2-11(16)3-9-5-13(20-15(8)9)14(19)10-4-12(17)7-18-6-10/h2-7H,1H3. The maximum absolute atomic E-state index is 13.1. The predicted molar refractivity (Wildman–Crippen MR) is 76.3 cm³/mol. The lowest BCUT2D eigenvalue weighted by molar-refractivity contribution is 0.101. The number of furan rings is 1. The molecule has 3 nitrogen and oxygen atoms in total. The van der Waals surface area contributed by atoms with Gasteiger partial charge >= 0.3 is 0 Å². The number of aryl methyl sites for hydroxylation is 1. The molecule has 0 fully saturated rings. The van der Waals surface area contributed by atoms with E-state index in [1.807, 2.05) is 19.1 Å². The molecule has 5 heteroatoms. The first kappa shape index (κ1) is 13.0. The predicted octanol–water partition coefficient (Wildman–Crippen LogP) is 4.27. The highest BCUT2D eigenvalue weighted by atomic mass is 79.9. The molecule has 0 aliphatic carbocycles. The number of fused-ring (bicyclic) bond motifs is 1. The molecule has 0 bridgehead atoms. The van der Waals surface area contributed by atoms with Crippen LogP contribution in [0.5, 0.6) is 0 Å². The Balaban J connectivity index is 2.11. The van der Waals surface area contributed by atoms with Crippen LogP contribution >= 0.6 is 15.9 Å². The van der Waals surface area contributed by atoms with Crippen molar-refractivity contribution in [1.82, 2.24) is 4.98 Å². The Labute approximate surface area is 122 Å². The zero-order valence-corrected chi connectivity index (χ0v) is 12.1. The number of nitrogens with zero attached hydrogens (tertiary/aromatic N) is 1. The maximum atomic E-state index is 13.1. The second-order valence-corrected chi connectivity index (χ2v) is 5.39. The Bertz CT molecular complexity index is 826. The van der Waals surface area contributed by atoms with Crippen LogP contribution in [0.2, 0.25) is 0 Å². The average Bonchev–Trinajstić information content (AvgIpc) is 2.82. The summed E-state index contributed by atoms with van der Waals surface area (Å²) in [5, 5.41) is 0.824. The molecule has 100 valence electrons. The van der Waals surface area contributed by atoms with Crippen LogP contribution in [0.4, 0.5) is 4.39 Å². The number of hydrogen-bond donors (Lipinski definition) is 0. The lowest BCUT2D eigenvalue weighted by atomic mass is 10.1. The number of carbonyl (C=O) groups is 1. The molecular formula is C15H9BrFNO2.